The number of thiazole rings is 1. The highest BCUT2D eigenvalue weighted by Crippen LogP contribution is 2.28. The van der Waals surface area contributed by atoms with Crippen LogP contribution in [-0.2, 0) is 9.53 Å². The van der Waals surface area contributed by atoms with Crippen molar-refractivity contribution in [1.82, 2.24) is 9.88 Å². The van der Waals surface area contributed by atoms with Crippen molar-refractivity contribution >= 4 is 39.1 Å². The number of carbonyl (C=O) groups excluding carboxylic acids is 2. The lowest BCUT2D eigenvalue weighted by Gasteiger charge is -2.23. The first-order valence-corrected chi connectivity index (χ1v) is 8.91. The second-order valence-corrected chi connectivity index (χ2v) is 6.96. The Morgan fingerprint density at radius 2 is 1.88 bits per heavy atom. The lowest BCUT2D eigenvalue weighted by molar-refractivity contribution is -0.135. The molecule has 3 aromatic rings. The molecule has 1 heterocycles. The largest absolute Gasteiger partial charge is 0.452 e. The first kappa shape index (κ1) is 17.9. The number of anilines is 1. The van der Waals surface area contributed by atoms with Gasteiger partial charge in [0.25, 0.3) is 5.91 Å². The molecule has 2 aromatic carbocycles. The average Bonchev–Trinajstić information content (AvgIpc) is 3.09. The quantitative estimate of drug-likeness (QED) is 0.551. The number of fused-ring (bicyclic) bond motifs is 1. The molecule has 26 heavy (non-hydrogen) atoms. The van der Waals surface area contributed by atoms with Crippen molar-refractivity contribution in [1.29, 1.82) is 0 Å². The second-order valence-electron chi connectivity index (χ2n) is 5.90. The van der Waals surface area contributed by atoms with Gasteiger partial charge in [-0.05, 0) is 43.3 Å². The number of carbonyl (C=O) groups is 2. The molecule has 0 spiro atoms. The summed E-state index contributed by atoms with van der Waals surface area (Å²) in [7, 11) is 1.68. The third-order valence-electron chi connectivity index (χ3n) is 4.12. The number of likely N-dealkylation sites (N-methyl/N-ethyl adjacent to an activating group) is 1. The van der Waals surface area contributed by atoms with Gasteiger partial charge in [-0.25, -0.2) is 9.78 Å². The van der Waals surface area contributed by atoms with Crippen LogP contribution >= 0.6 is 11.3 Å². The number of para-hydroxylation sites is 1. The zero-order valence-corrected chi connectivity index (χ0v) is 15.3. The SMILES string of the molecule is C[C@@H](c1nc2ccccc2s1)N(C)C(=O)COC(=O)c1ccc(N)cc1. The zero-order valence-electron chi connectivity index (χ0n) is 14.5. The Hall–Kier alpha value is -2.93. The second kappa shape index (κ2) is 7.53. The molecule has 3 rings (SSSR count). The molecular formula is C19H19N3O3S. The smallest absolute Gasteiger partial charge is 0.338 e. The molecule has 2 N–H and O–H groups in total. The molecule has 1 amide bonds. The number of hydrogen-bond donors (Lipinski definition) is 1. The number of nitrogens with two attached hydrogens (primary N) is 1. The number of amides is 1. The van der Waals surface area contributed by atoms with Crippen molar-refractivity contribution in [3.8, 4) is 0 Å². The van der Waals surface area contributed by atoms with E-state index < -0.39 is 5.97 Å². The predicted octanol–water partition coefficient (Wildman–Crippen LogP) is 3.25. The van der Waals surface area contributed by atoms with Crippen LogP contribution in [0.3, 0.4) is 0 Å². The van der Waals surface area contributed by atoms with Gasteiger partial charge in [-0.2, -0.15) is 0 Å². The Morgan fingerprint density at radius 3 is 2.58 bits per heavy atom. The molecule has 0 fully saturated rings. The summed E-state index contributed by atoms with van der Waals surface area (Å²) in [5.41, 5.74) is 7.41. The number of benzene rings is 2. The van der Waals surface area contributed by atoms with Gasteiger partial charge in [-0.15, -0.1) is 11.3 Å². The van der Waals surface area contributed by atoms with E-state index in [2.05, 4.69) is 4.98 Å². The number of nitrogen functional groups attached to an aromatic ring is 1. The Morgan fingerprint density at radius 1 is 1.19 bits per heavy atom. The molecule has 0 aliphatic heterocycles. The number of ether oxygens (including phenoxy) is 1. The van der Waals surface area contributed by atoms with Gasteiger partial charge in [0.2, 0.25) is 0 Å². The highest BCUT2D eigenvalue weighted by molar-refractivity contribution is 7.18. The van der Waals surface area contributed by atoms with Gasteiger partial charge in [-0.1, -0.05) is 12.1 Å². The van der Waals surface area contributed by atoms with Gasteiger partial charge in [0.15, 0.2) is 6.61 Å². The van der Waals surface area contributed by atoms with E-state index in [1.807, 2.05) is 31.2 Å². The summed E-state index contributed by atoms with van der Waals surface area (Å²) in [4.78, 5) is 30.5. The lowest BCUT2D eigenvalue weighted by Crippen LogP contribution is -2.33. The van der Waals surface area contributed by atoms with Crippen LogP contribution in [0.4, 0.5) is 5.69 Å². The maximum Gasteiger partial charge on any atom is 0.338 e. The molecule has 0 aliphatic rings. The maximum atomic E-state index is 12.4. The Kier molecular flexibility index (Phi) is 5.18. The van der Waals surface area contributed by atoms with Gasteiger partial charge in [0.05, 0.1) is 21.8 Å². The van der Waals surface area contributed by atoms with Crippen LogP contribution in [0.15, 0.2) is 48.5 Å². The van der Waals surface area contributed by atoms with Crippen LogP contribution in [0.2, 0.25) is 0 Å². The van der Waals surface area contributed by atoms with Crippen LogP contribution in [0.1, 0.15) is 28.3 Å². The van der Waals surface area contributed by atoms with Crippen molar-refractivity contribution in [3.05, 3.63) is 59.1 Å². The molecule has 1 atom stereocenters. The van der Waals surface area contributed by atoms with E-state index in [0.717, 1.165) is 15.2 Å². The minimum Gasteiger partial charge on any atom is -0.452 e. The van der Waals surface area contributed by atoms with Crippen molar-refractivity contribution in [3.63, 3.8) is 0 Å². The molecule has 0 unspecified atom stereocenters. The lowest BCUT2D eigenvalue weighted by atomic mass is 10.2. The summed E-state index contributed by atoms with van der Waals surface area (Å²) in [6, 6.07) is 14.0. The van der Waals surface area contributed by atoms with Crippen molar-refractivity contribution in [2.45, 2.75) is 13.0 Å². The van der Waals surface area contributed by atoms with E-state index in [1.54, 1.807) is 42.6 Å². The highest BCUT2D eigenvalue weighted by atomic mass is 32.1. The summed E-state index contributed by atoms with van der Waals surface area (Å²) >= 11 is 1.55. The monoisotopic (exact) mass is 369 g/mol. The fourth-order valence-electron chi connectivity index (χ4n) is 2.38. The van der Waals surface area contributed by atoms with Crippen LogP contribution in [0, 0.1) is 0 Å². The molecule has 0 saturated heterocycles. The number of rotatable bonds is 5. The number of aromatic nitrogens is 1. The van der Waals surface area contributed by atoms with Crippen molar-refractivity contribution < 1.29 is 14.3 Å². The predicted molar refractivity (Wildman–Crippen MR) is 102 cm³/mol. The average molecular weight is 369 g/mol. The maximum absolute atomic E-state index is 12.4. The third kappa shape index (κ3) is 3.83. The van der Waals surface area contributed by atoms with Crippen LogP contribution in [0.25, 0.3) is 10.2 Å². The van der Waals surface area contributed by atoms with Crippen LogP contribution in [0.5, 0.6) is 0 Å². The van der Waals surface area contributed by atoms with Gasteiger partial charge >= 0.3 is 5.97 Å². The topological polar surface area (TPSA) is 85.5 Å². The molecule has 7 heteroatoms. The van der Waals surface area contributed by atoms with Crippen LogP contribution in [-0.4, -0.2) is 35.4 Å². The molecule has 6 nitrogen and oxygen atoms in total. The third-order valence-corrected chi connectivity index (χ3v) is 5.32. The van der Waals surface area contributed by atoms with E-state index in [9.17, 15) is 9.59 Å². The molecule has 0 saturated carbocycles. The molecule has 0 aliphatic carbocycles. The summed E-state index contributed by atoms with van der Waals surface area (Å²) in [5.74, 6) is -0.847. The van der Waals surface area contributed by atoms with Crippen molar-refractivity contribution in [2.24, 2.45) is 0 Å². The summed E-state index contributed by atoms with van der Waals surface area (Å²) in [6.07, 6.45) is 0. The molecule has 134 valence electrons. The fraction of sp³-hybridized carbons (Fsp3) is 0.211. The Balaban J connectivity index is 1.61. The zero-order chi connectivity index (χ0) is 18.7. The standard InChI is InChI=1S/C19H19N3O3S/c1-12(18-21-15-5-3-4-6-16(15)26-18)22(2)17(23)11-25-19(24)13-7-9-14(20)10-8-13/h3-10,12H,11,20H2,1-2H3/t12-/m0/s1. The van der Waals surface area contributed by atoms with Gasteiger partial charge < -0.3 is 15.4 Å². The summed E-state index contributed by atoms with van der Waals surface area (Å²) in [6.45, 7) is 1.58. The number of esters is 1. The van der Waals surface area contributed by atoms with E-state index >= 15 is 0 Å². The molecule has 1 aromatic heterocycles. The van der Waals surface area contributed by atoms with E-state index in [0.29, 0.717) is 11.3 Å². The van der Waals surface area contributed by atoms with Gasteiger partial charge in [0, 0.05) is 12.7 Å². The highest BCUT2D eigenvalue weighted by Gasteiger charge is 2.22. The number of nitrogens with zero attached hydrogens (tertiary/aromatic N) is 2. The Bertz CT molecular complexity index is 904. The Labute approximate surface area is 155 Å². The van der Waals surface area contributed by atoms with Gasteiger partial charge in [0.1, 0.15) is 5.01 Å². The summed E-state index contributed by atoms with van der Waals surface area (Å²) in [5, 5.41) is 0.840. The molecule has 0 bridgehead atoms. The van der Waals surface area contributed by atoms with E-state index in [1.165, 1.54) is 4.90 Å². The summed E-state index contributed by atoms with van der Waals surface area (Å²) < 4.78 is 6.18. The first-order chi connectivity index (χ1) is 12.5. The first-order valence-electron chi connectivity index (χ1n) is 8.09. The fourth-order valence-corrected chi connectivity index (χ4v) is 3.44. The minimum absolute atomic E-state index is 0.213. The molecular weight excluding hydrogens is 350 g/mol. The minimum atomic E-state index is -0.556. The van der Waals surface area contributed by atoms with E-state index in [4.69, 9.17) is 10.5 Å². The van der Waals surface area contributed by atoms with Crippen LogP contribution < -0.4 is 5.73 Å². The number of hydrogen-bond acceptors (Lipinski definition) is 6. The van der Waals surface area contributed by atoms with Crippen molar-refractivity contribution in [2.75, 3.05) is 19.4 Å². The van der Waals surface area contributed by atoms with E-state index in [-0.39, 0.29) is 18.6 Å². The normalized spacial score (nSPS) is 11.9. The molecule has 0 radical (unpaired) electrons. The van der Waals surface area contributed by atoms with Gasteiger partial charge in [-0.3, -0.25) is 4.79 Å².